The van der Waals surface area contributed by atoms with Gasteiger partial charge in [-0.15, -0.1) is 11.3 Å². The minimum atomic E-state index is -0.219. The van der Waals surface area contributed by atoms with Crippen molar-refractivity contribution in [2.45, 2.75) is 56.9 Å². The maximum absolute atomic E-state index is 13.3. The molecular formula is C17H24BrNOS. The van der Waals surface area contributed by atoms with Gasteiger partial charge in [-0.1, -0.05) is 19.3 Å². The van der Waals surface area contributed by atoms with E-state index in [0.29, 0.717) is 11.7 Å². The lowest BCUT2D eigenvalue weighted by Crippen LogP contribution is -2.57. The molecule has 1 saturated heterocycles. The van der Waals surface area contributed by atoms with Crippen molar-refractivity contribution in [1.82, 2.24) is 4.90 Å². The van der Waals surface area contributed by atoms with Crippen LogP contribution in [0.15, 0.2) is 15.9 Å². The predicted octanol–water partition coefficient (Wildman–Crippen LogP) is 4.62. The van der Waals surface area contributed by atoms with E-state index in [-0.39, 0.29) is 11.5 Å². The molecule has 1 aliphatic heterocycles. The number of carbonyl (C=O) groups excluding carboxylic acids is 1. The molecule has 1 saturated carbocycles. The number of halogens is 1. The summed E-state index contributed by atoms with van der Waals surface area (Å²) in [6.45, 7) is 3.11. The number of piperidine rings is 1. The molecule has 1 aliphatic carbocycles. The number of nitrogens with zero attached hydrogens (tertiary/aromatic N) is 1. The minimum Gasteiger partial charge on any atom is -0.297 e. The Bertz CT molecular complexity index is 523. The van der Waals surface area contributed by atoms with Gasteiger partial charge in [0.1, 0.15) is 0 Å². The third-order valence-corrected chi connectivity index (χ3v) is 7.46. The normalized spacial score (nSPS) is 32.5. The summed E-state index contributed by atoms with van der Waals surface area (Å²) in [5.74, 6) is 0.998. The van der Waals surface area contributed by atoms with E-state index in [4.69, 9.17) is 0 Å². The van der Waals surface area contributed by atoms with Gasteiger partial charge >= 0.3 is 0 Å². The maximum Gasteiger partial charge on any atom is 0.161 e. The number of carbonyl (C=O) groups is 1. The van der Waals surface area contributed by atoms with Crippen LogP contribution in [0.3, 0.4) is 0 Å². The first kappa shape index (κ1) is 15.7. The van der Waals surface area contributed by atoms with Crippen LogP contribution in [0.5, 0.6) is 0 Å². The molecule has 0 N–H and O–H groups in total. The molecule has 2 nitrogen and oxygen atoms in total. The molecule has 3 rings (SSSR count). The topological polar surface area (TPSA) is 20.3 Å². The first-order valence-corrected chi connectivity index (χ1v) is 9.67. The molecule has 116 valence electrons. The minimum absolute atomic E-state index is 0.0431. The number of likely N-dealkylation sites (tertiary alicyclic amines) is 1. The lowest BCUT2D eigenvalue weighted by molar-refractivity contribution is -0.136. The fourth-order valence-corrected chi connectivity index (χ4v) is 5.93. The Morgan fingerprint density at radius 2 is 2.00 bits per heavy atom. The van der Waals surface area contributed by atoms with Crippen molar-refractivity contribution in [2.24, 2.45) is 5.92 Å². The van der Waals surface area contributed by atoms with Crippen molar-refractivity contribution in [3.05, 3.63) is 20.8 Å². The molecule has 0 aromatic carbocycles. The van der Waals surface area contributed by atoms with Crippen LogP contribution < -0.4 is 0 Å². The number of ketones is 1. The predicted molar refractivity (Wildman–Crippen MR) is 92.0 cm³/mol. The van der Waals surface area contributed by atoms with Gasteiger partial charge in [0.15, 0.2) is 5.78 Å². The van der Waals surface area contributed by atoms with Gasteiger partial charge in [0.25, 0.3) is 0 Å². The number of hydrogen-bond donors (Lipinski definition) is 0. The van der Waals surface area contributed by atoms with E-state index < -0.39 is 0 Å². The molecule has 0 spiro atoms. The molecule has 2 heterocycles. The van der Waals surface area contributed by atoms with E-state index in [1.165, 1.54) is 37.0 Å². The number of rotatable bonds is 2. The summed E-state index contributed by atoms with van der Waals surface area (Å²) < 4.78 is 1.15. The Morgan fingerprint density at radius 1 is 1.29 bits per heavy atom. The van der Waals surface area contributed by atoms with Crippen LogP contribution in [0.2, 0.25) is 0 Å². The highest BCUT2D eigenvalue weighted by Gasteiger charge is 2.52. The van der Waals surface area contributed by atoms with Crippen LogP contribution >= 0.6 is 27.3 Å². The van der Waals surface area contributed by atoms with Crippen LogP contribution in [-0.4, -0.2) is 30.3 Å². The molecule has 0 amide bonds. The van der Waals surface area contributed by atoms with Gasteiger partial charge in [0.2, 0.25) is 0 Å². The quantitative estimate of drug-likeness (QED) is 0.757. The SMILES string of the molecule is CC1C(=O)C(c2ccc(Br)s2)(C2CCCCC2)CCN1C. The zero-order chi connectivity index (χ0) is 15.0. The van der Waals surface area contributed by atoms with Crippen LogP contribution in [-0.2, 0) is 10.2 Å². The molecule has 1 aromatic heterocycles. The Balaban J connectivity index is 2.04. The van der Waals surface area contributed by atoms with Crippen molar-refractivity contribution in [3.8, 4) is 0 Å². The highest BCUT2D eigenvalue weighted by atomic mass is 79.9. The monoisotopic (exact) mass is 369 g/mol. The van der Waals surface area contributed by atoms with E-state index >= 15 is 0 Å². The van der Waals surface area contributed by atoms with Crippen molar-refractivity contribution in [3.63, 3.8) is 0 Å². The van der Waals surface area contributed by atoms with Gasteiger partial charge in [-0.2, -0.15) is 0 Å². The van der Waals surface area contributed by atoms with Gasteiger partial charge in [0, 0.05) is 4.88 Å². The highest BCUT2D eigenvalue weighted by Crippen LogP contribution is 2.49. The van der Waals surface area contributed by atoms with Crippen molar-refractivity contribution in [1.29, 1.82) is 0 Å². The Hall–Kier alpha value is -0.190. The molecule has 2 aliphatic rings. The molecule has 1 aromatic rings. The summed E-state index contributed by atoms with van der Waals surface area (Å²) in [5, 5.41) is 0. The van der Waals surface area contributed by atoms with E-state index in [9.17, 15) is 4.79 Å². The van der Waals surface area contributed by atoms with E-state index in [0.717, 1.165) is 16.8 Å². The average molecular weight is 370 g/mol. The first-order valence-electron chi connectivity index (χ1n) is 8.06. The molecule has 0 bridgehead atoms. The van der Waals surface area contributed by atoms with Gasteiger partial charge in [-0.05, 0) is 73.8 Å². The molecule has 2 unspecified atom stereocenters. The standard InChI is InChI=1S/C17H24BrNOS/c1-12-16(20)17(10-11-19(12)2,13-6-4-3-5-7-13)14-8-9-15(18)21-14/h8-9,12-13H,3-7,10-11H2,1-2H3. The van der Waals surface area contributed by atoms with E-state index in [1.807, 2.05) is 0 Å². The summed E-state index contributed by atoms with van der Waals surface area (Å²) in [6, 6.07) is 4.35. The third-order valence-electron chi connectivity index (χ3n) is 5.65. The Morgan fingerprint density at radius 3 is 2.62 bits per heavy atom. The number of Topliss-reactive ketones (excluding diaryl/α,β-unsaturated/α-hetero) is 1. The fourth-order valence-electron chi connectivity index (χ4n) is 4.24. The molecule has 0 radical (unpaired) electrons. The van der Waals surface area contributed by atoms with Crippen molar-refractivity contribution in [2.75, 3.05) is 13.6 Å². The third kappa shape index (κ3) is 2.64. The van der Waals surface area contributed by atoms with Gasteiger partial charge in [-0.25, -0.2) is 0 Å². The van der Waals surface area contributed by atoms with Crippen LogP contribution in [0.1, 0.15) is 50.3 Å². The molecule has 2 atom stereocenters. The smallest absolute Gasteiger partial charge is 0.161 e. The van der Waals surface area contributed by atoms with E-state index in [1.54, 1.807) is 11.3 Å². The number of thiophene rings is 1. The van der Waals surface area contributed by atoms with Gasteiger partial charge in [-0.3, -0.25) is 9.69 Å². The molecule has 21 heavy (non-hydrogen) atoms. The molecule has 2 fully saturated rings. The largest absolute Gasteiger partial charge is 0.297 e. The van der Waals surface area contributed by atoms with Gasteiger partial charge in [0.05, 0.1) is 15.2 Å². The molecule has 4 heteroatoms. The maximum atomic E-state index is 13.3. The summed E-state index contributed by atoms with van der Waals surface area (Å²) in [6.07, 6.45) is 7.34. The summed E-state index contributed by atoms with van der Waals surface area (Å²) >= 11 is 5.36. The lowest BCUT2D eigenvalue weighted by Gasteiger charge is -2.48. The molecular weight excluding hydrogens is 346 g/mol. The van der Waals surface area contributed by atoms with Crippen molar-refractivity contribution < 1.29 is 4.79 Å². The first-order chi connectivity index (χ1) is 10.1. The van der Waals surface area contributed by atoms with Gasteiger partial charge < -0.3 is 0 Å². The number of hydrogen-bond acceptors (Lipinski definition) is 3. The van der Waals surface area contributed by atoms with E-state index in [2.05, 4.69) is 46.9 Å². The van der Waals surface area contributed by atoms with Crippen LogP contribution in [0.25, 0.3) is 0 Å². The fraction of sp³-hybridized carbons (Fsp3) is 0.706. The van der Waals surface area contributed by atoms with Crippen LogP contribution in [0.4, 0.5) is 0 Å². The summed E-state index contributed by atoms with van der Waals surface area (Å²) in [7, 11) is 2.08. The Kier molecular flexibility index (Phi) is 4.58. The summed E-state index contributed by atoms with van der Waals surface area (Å²) in [4.78, 5) is 16.8. The second-order valence-corrected chi connectivity index (χ2v) is 9.14. The van der Waals surface area contributed by atoms with Crippen molar-refractivity contribution >= 4 is 33.0 Å². The second kappa shape index (κ2) is 6.13. The second-order valence-electron chi connectivity index (χ2n) is 6.68. The summed E-state index contributed by atoms with van der Waals surface area (Å²) in [5.41, 5.74) is -0.219. The lowest BCUT2D eigenvalue weighted by atomic mass is 9.61. The zero-order valence-corrected chi connectivity index (χ0v) is 15.3. The van der Waals surface area contributed by atoms with Crippen LogP contribution in [0, 0.1) is 5.92 Å². The zero-order valence-electron chi connectivity index (χ0n) is 12.9. The number of likely N-dealkylation sites (N-methyl/N-ethyl adjacent to an activating group) is 1. The Labute approximate surface area is 140 Å². The highest BCUT2D eigenvalue weighted by molar-refractivity contribution is 9.11. The average Bonchev–Trinajstić information content (AvgIpc) is 2.93.